The van der Waals surface area contributed by atoms with Gasteiger partial charge in [0.2, 0.25) is 15.9 Å². The number of anilines is 1. The predicted molar refractivity (Wildman–Crippen MR) is 133 cm³/mol. The Labute approximate surface area is 201 Å². The molecule has 7 nitrogen and oxygen atoms in total. The quantitative estimate of drug-likeness (QED) is 0.448. The van der Waals surface area contributed by atoms with Gasteiger partial charge in [0.15, 0.2) is 0 Å². The summed E-state index contributed by atoms with van der Waals surface area (Å²) in [6.07, 6.45) is 0.160. The molecule has 0 aliphatic heterocycles. The van der Waals surface area contributed by atoms with Crippen molar-refractivity contribution in [3.63, 3.8) is 0 Å². The SMILES string of the molecule is COc1ccccc1NC(=O)C(Cc1ccccc1)NS(=O)(=O)c1cc(C(C)C)ccc1OC. The van der Waals surface area contributed by atoms with Crippen LogP contribution < -0.4 is 19.5 Å². The molecule has 0 bridgehead atoms. The van der Waals surface area contributed by atoms with Crippen molar-refractivity contribution in [3.8, 4) is 11.5 Å². The Balaban J connectivity index is 1.96. The normalized spacial score (nSPS) is 12.3. The highest BCUT2D eigenvalue weighted by Gasteiger charge is 2.29. The standard InChI is InChI=1S/C26H30N2O5S/c1-18(2)20-14-15-24(33-4)25(17-20)34(30,31)28-22(16-19-10-6-5-7-11-19)26(29)27-21-12-8-9-13-23(21)32-3/h5-15,17-18,22,28H,16H2,1-4H3,(H,27,29). The van der Waals surface area contributed by atoms with Crippen LogP contribution >= 0.6 is 0 Å². The fraction of sp³-hybridized carbons (Fsp3) is 0.269. The Morgan fingerprint density at radius 3 is 2.18 bits per heavy atom. The minimum atomic E-state index is -4.10. The number of amides is 1. The van der Waals surface area contributed by atoms with Crippen LogP contribution in [0.4, 0.5) is 5.69 Å². The average molecular weight is 483 g/mol. The van der Waals surface area contributed by atoms with E-state index in [1.165, 1.54) is 14.2 Å². The van der Waals surface area contributed by atoms with E-state index in [1.54, 1.807) is 36.4 Å². The second-order valence-corrected chi connectivity index (χ2v) is 9.80. The van der Waals surface area contributed by atoms with Gasteiger partial charge in [-0.25, -0.2) is 8.42 Å². The first-order valence-electron chi connectivity index (χ1n) is 10.9. The number of nitrogens with one attached hydrogen (secondary N) is 2. The molecule has 180 valence electrons. The molecular weight excluding hydrogens is 452 g/mol. The molecule has 0 saturated carbocycles. The van der Waals surface area contributed by atoms with Gasteiger partial charge in [-0.3, -0.25) is 4.79 Å². The minimum absolute atomic E-state index is 0.00986. The summed E-state index contributed by atoms with van der Waals surface area (Å²) < 4.78 is 40.2. The molecule has 2 N–H and O–H groups in total. The number of para-hydroxylation sites is 2. The molecule has 34 heavy (non-hydrogen) atoms. The Hall–Kier alpha value is -3.36. The van der Waals surface area contributed by atoms with E-state index in [4.69, 9.17) is 9.47 Å². The topological polar surface area (TPSA) is 93.7 Å². The van der Waals surface area contributed by atoms with Gasteiger partial charge < -0.3 is 14.8 Å². The Morgan fingerprint density at radius 2 is 1.53 bits per heavy atom. The first-order valence-corrected chi connectivity index (χ1v) is 12.4. The van der Waals surface area contributed by atoms with E-state index in [0.29, 0.717) is 11.4 Å². The van der Waals surface area contributed by atoms with Crippen LogP contribution in [0.15, 0.2) is 77.7 Å². The van der Waals surface area contributed by atoms with Crippen LogP contribution in [0, 0.1) is 0 Å². The van der Waals surface area contributed by atoms with E-state index in [-0.39, 0.29) is 23.0 Å². The van der Waals surface area contributed by atoms with Crippen molar-refractivity contribution in [2.75, 3.05) is 19.5 Å². The summed E-state index contributed by atoms with van der Waals surface area (Å²) in [5, 5.41) is 2.79. The van der Waals surface area contributed by atoms with E-state index >= 15 is 0 Å². The van der Waals surface area contributed by atoms with Crippen LogP contribution in [0.25, 0.3) is 0 Å². The van der Waals surface area contributed by atoms with Gasteiger partial charge in [-0.05, 0) is 47.7 Å². The van der Waals surface area contributed by atoms with Crippen molar-refractivity contribution in [3.05, 3.63) is 83.9 Å². The lowest BCUT2D eigenvalue weighted by Gasteiger charge is -2.21. The van der Waals surface area contributed by atoms with Crippen molar-refractivity contribution >= 4 is 21.6 Å². The second kappa shape index (κ2) is 11.2. The van der Waals surface area contributed by atoms with Gasteiger partial charge in [-0.1, -0.05) is 62.4 Å². The molecule has 0 aliphatic rings. The zero-order valence-corrected chi connectivity index (χ0v) is 20.6. The summed E-state index contributed by atoms with van der Waals surface area (Å²) in [4.78, 5) is 13.3. The van der Waals surface area contributed by atoms with E-state index in [2.05, 4.69) is 10.0 Å². The van der Waals surface area contributed by atoms with Crippen molar-refractivity contribution in [1.82, 2.24) is 4.72 Å². The van der Waals surface area contributed by atoms with Crippen LogP contribution in [0.3, 0.4) is 0 Å². The molecule has 0 saturated heterocycles. The summed E-state index contributed by atoms with van der Waals surface area (Å²) in [7, 11) is -1.18. The van der Waals surface area contributed by atoms with Crippen LogP contribution in [0.1, 0.15) is 30.9 Å². The third kappa shape index (κ3) is 6.15. The fourth-order valence-electron chi connectivity index (χ4n) is 3.52. The van der Waals surface area contributed by atoms with E-state index in [0.717, 1.165) is 11.1 Å². The molecular formula is C26H30N2O5S. The maximum atomic E-state index is 13.5. The second-order valence-electron chi connectivity index (χ2n) is 8.12. The maximum absolute atomic E-state index is 13.5. The predicted octanol–water partition coefficient (Wildman–Crippen LogP) is 4.36. The average Bonchev–Trinajstić information content (AvgIpc) is 2.84. The molecule has 1 unspecified atom stereocenters. The summed E-state index contributed by atoms with van der Waals surface area (Å²) >= 11 is 0. The lowest BCUT2D eigenvalue weighted by atomic mass is 10.0. The lowest BCUT2D eigenvalue weighted by Crippen LogP contribution is -2.45. The molecule has 0 radical (unpaired) electrons. The highest BCUT2D eigenvalue weighted by atomic mass is 32.2. The number of rotatable bonds is 10. The number of benzene rings is 3. The molecule has 0 spiro atoms. The van der Waals surface area contributed by atoms with Crippen molar-refractivity contribution < 1.29 is 22.7 Å². The molecule has 3 aromatic carbocycles. The summed E-state index contributed by atoms with van der Waals surface area (Å²) in [5.41, 5.74) is 2.11. The fourth-order valence-corrected chi connectivity index (χ4v) is 4.92. The van der Waals surface area contributed by atoms with Crippen molar-refractivity contribution in [2.45, 2.75) is 37.1 Å². The number of carbonyl (C=O) groups excluding carboxylic acids is 1. The first-order chi connectivity index (χ1) is 16.2. The highest BCUT2D eigenvalue weighted by molar-refractivity contribution is 7.89. The number of sulfonamides is 1. The number of carbonyl (C=O) groups is 1. The molecule has 0 aliphatic carbocycles. The van der Waals surface area contributed by atoms with Crippen LogP contribution in [0.2, 0.25) is 0 Å². The third-order valence-corrected chi connectivity index (χ3v) is 6.90. The number of ether oxygens (including phenoxy) is 2. The summed E-state index contributed by atoms with van der Waals surface area (Å²) in [6.45, 7) is 3.95. The third-order valence-electron chi connectivity index (χ3n) is 5.41. The maximum Gasteiger partial charge on any atom is 0.245 e. The molecule has 3 rings (SSSR count). The van der Waals surface area contributed by atoms with Gasteiger partial charge in [0.05, 0.1) is 19.9 Å². The molecule has 3 aromatic rings. The number of hydrogen-bond donors (Lipinski definition) is 2. The van der Waals surface area contributed by atoms with Crippen molar-refractivity contribution in [2.24, 2.45) is 0 Å². The monoisotopic (exact) mass is 482 g/mol. The molecule has 8 heteroatoms. The highest BCUT2D eigenvalue weighted by Crippen LogP contribution is 2.29. The Bertz CT molecular complexity index is 1230. The summed E-state index contributed by atoms with van der Waals surface area (Å²) in [6, 6.07) is 20.2. The van der Waals surface area contributed by atoms with Gasteiger partial charge in [0.25, 0.3) is 0 Å². The van der Waals surface area contributed by atoms with Gasteiger partial charge in [0, 0.05) is 0 Å². The zero-order chi connectivity index (χ0) is 24.7. The van der Waals surface area contributed by atoms with Gasteiger partial charge in [-0.15, -0.1) is 0 Å². The first kappa shape index (κ1) is 25.3. The van der Waals surface area contributed by atoms with Gasteiger partial charge in [-0.2, -0.15) is 4.72 Å². The number of hydrogen-bond acceptors (Lipinski definition) is 5. The molecule has 1 atom stereocenters. The molecule has 0 heterocycles. The van der Waals surface area contributed by atoms with Crippen LogP contribution in [-0.2, 0) is 21.2 Å². The Kier molecular flexibility index (Phi) is 8.31. The largest absolute Gasteiger partial charge is 0.495 e. The summed E-state index contributed by atoms with van der Waals surface area (Å²) in [5.74, 6) is 0.300. The van der Waals surface area contributed by atoms with Crippen LogP contribution in [0.5, 0.6) is 11.5 Å². The minimum Gasteiger partial charge on any atom is -0.495 e. The Morgan fingerprint density at radius 1 is 0.882 bits per heavy atom. The van der Waals surface area contributed by atoms with Crippen LogP contribution in [-0.4, -0.2) is 34.6 Å². The molecule has 1 amide bonds. The van der Waals surface area contributed by atoms with E-state index < -0.39 is 22.0 Å². The lowest BCUT2D eigenvalue weighted by molar-refractivity contribution is -0.117. The van der Waals surface area contributed by atoms with Gasteiger partial charge >= 0.3 is 0 Å². The van der Waals surface area contributed by atoms with E-state index in [9.17, 15) is 13.2 Å². The zero-order valence-electron chi connectivity index (χ0n) is 19.7. The van der Waals surface area contributed by atoms with Gasteiger partial charge in [0.1, 0.15) is 22.4 Å². The number of methoxy groups -OCH3 is 2. The molecule has 0 fully saturated rings. The smallest absolute Gasteiger partial charge is 0.245 e. The molecule has 0 aromatic heterocycles. The van der Waals surface area contributed by atoms with Crippen molar-refractivity contribution in [1.29, 1.82) is 0 Å². The van der Waals surface area contributed by atoms with E-state index in [1.807, 2.05) is 50.2 Å².